The van der Waals surface area contributed by atoms with Crippen molar-refractivity contribution >= 4 is 5.97 Å². The van der Waals surface area contributed by atoms with E-state index in [0.29, 0.717) is 5.75 Å². The van der Waals surface area contributed by atoms with Gasteiger partial charge in [0.2, 0.25) is 0 Å². The molecule has 0 aromatic heterocycles. The summed E-state index contributed by atoms with van der Waals surface area (Å²) in [5.74, 6) is 0.758. The number of carbonyl (C=O) groups is 1. The van der Waals surface area contributed by atoms with Gasteiger partial charge >= 0.3 is 5.97 Å². The van der Waals surface area contributed by atoms with E-state index in [2.05, 4.69) is 0 Å². The van der Waals surface area contributed by atoms with Gasteiger partial charge in [-0.3, -0.25) is 4.79 Å². The summed E-state index contributed by atoms with van der Waals surface area (Å²) in [6.45, 7) is 0. The Morgan fingerprint density at radius 1 is 1.11 bits per heavy atom. The number of carbonyl (C=O) groups excluding carboxylic acids is 1. The normalized spacial score (nSPS) is 9.95. The third kappa shape index (κ3) is 3.74. The van der Waals surface area contributed by atoms with E-state index >= 15 is 0 Å². The van der Waals surface area contributed by atoms with Crippen molar-refractivity contribution in [2.24, 2.45) is 0 Å². The Bertz CT molecular complexity index is 561. The van der Waals surface area contributed by atoms with Gasteiger partial charge in [-0.1, -0.05) is 18.2 Å². The van der Waals surface area contributed by atoms with Crippen LogP contribution in [0.4, 0.5) is 0 Å². The minimum atomic E-state index is -0.379. The fourth-order valence-corrected chi connectivity index (χ4v) is 1.62. The molecule has 0 aliphatic rings. The van der Waals surface area contributed by atoms with Gasteiger partial charge in [-0.15, -0.1) is 0 Å². The van der Waals surface area contributed by atoms with E-state index in [4.69, 9.17) is 9.47 Å². The van der Waals surface area contributed by atoms with Crippen LogP contribution in [0.2, 0.25) is 0 Å². The molecule has 0 heterocycles. The molecule has 2 rings (SSSR count). The molecule has 0 aliphatic carbocycles. The van der Waals surface area contributed by atoms with Crippen molar-refractivity contribution in [2.75, 3.05) is 7.11 Å². The molecule has 2 aromatic carbocycles. The molecule has 1 N–H and O–H groups in total. The highest BCUT2D eigenvalue weighted by Crippen LogP contribution is 2.18. The Morgan fingerprint density at radius 2 is 1.84 bits per heavy atom. The molecule has 0 spiro atoms. The average Bonchev–Trinajstić information content (AvgIpc) is 2.39. The van der Waals surface area contributed by atoms with Crippen molar-refractivity contribution in [3.05, 3.63) is 54.1 Å². The van der Waals surface area contributed by atoms with E-state index in [1.807, 2.05) is 12.1 Å². The largest absolute Gasteiger partial charge is 0.508 e. The zero-order valence-corrected chi connectivity index (χ0v) is 10.5. The van der Waals surface area contributed by atoms with E-state index in [-0.39, 0.29) is 18.1 Å². The summed E-state index contributed by atoms with van der Waals surface area (Å²) >= 11 is 0. The number of phenols is 1. The molecule has 0 saturated heterocycles. The summed E-state index contributed by atoms with van der Waals surface area (Å²) < 4.78 is 10.2. The molecule has 4 heteroatoms. The smallest absolute Gasteiger partial charge is 0.315 e. The van der Waals surface area contributed by atoms with Crippen LogP contribution in [-0.2, 0) is 11.2 Å². The van der Waals surface area contributed by atoms with E-state index in [9.17, 15) is 9.90 Å². The summed E-state index contributed by atoms with van der Waals surface area (Å²) in [5, 5.41) is 9.27. The first-order valence-electron chi connectivity index (χ1n) is 5.80. The van der Waals surface area contributed by atoms with Crippen LogP contribution in [-0.4, -0.2) is 18.2 Å². The third-order valence-corrected chi connectivity index (χ3v) is 2.56. The maximum atomic E-state index is 11.7. The highest BCUT2D eigenvalue weighted by molar-refractivity contribution is 5.75. The molecule has 0 saturated carbocycles. The molecule has 4 nitrogen and oxygen atoms in total. The zero-order valence-electron chi connectivity index (χ0n) is 10.5. The average molecular weight is 258 g/mol. The summed E-state index contributed by atoms with van der Waals surface area (Å²) in [5.41, 5.74) is 0.839. The second-order valence-corrected chi connectivity index (χ2v) is 4.00. The van der Waals surface area contributed by atoms with Gasteiger partial charge in [0.15, 0.2) is 0 Å². The van der Waals surface area contributed by atoms with Crippen LogP contribution in [0.3, 0.4) is 0 Å². The van der Waals surface area contributed by atoms with E-state index in [1.54, 1.807) is 31.4 Å². The molecule has 0 bridgehead atoms. The SMILES string of the molecule is COc1ccc(CC(=O)Oc2cccc(O)c2)cc1. The van der Waals surface area contributed by atoms with Crippen molar-refractivity contribution in [3.8, 4) is 17.2 Å². The summed E-state index contributed by atoms with van der Waals surface area (Å²) in [7, 11) is 1.59. The molecule has 0 aliphatic heterocycles. The lowest BCUT2D eigenvalue weighted by atomic mass is 10.1. The van der Waals surface area contributed by atoms with Crippen LogP contribution in [0, 0.1) is 0 Å². The van der Waals surface area contributed by atoms with Crippen LogP contribution < -0.4 is 9.47 Å². The lowest BCUT2D eigenvalue weighted by Gasteiger charge is -2.05. The van der Waals surface area contributed by atoms with Gasteiger partial charge in [0.25, 0.3) is 0 Å². The van der Waals surface area contributed by atoms with Gasteiger partial charge in [-0.25, -0.2) is 0 Å². The molecule has 0 atom stereocenters. The fraction of sp³-hybridized carbons (Fsp3) is 0.133. The topological polar surface area (TPSA) is 55.8 Å². The van der Waals surface area contributed by atoms with Crippen molar-refractivity contribution in [1.82, 2.24) is 0 Å². The lowest BCUT2D eigenvalue weighted by molar-refractivity contribution is -0.133. The molecule has 98 valence electrons. The first kappa shape index (κ1) is 13.0. The maximum absolute atomic E-state index is 11.7. The van der Waals surface area contributed by atoms with Crippen LogP contribution in [0.1, 0.15) is 5.56 Å². The number of rotatable bonds is 4. The predicted molar refractivity (Wildman–Crippen MR) is 70.4 cm³/mol. The van der Waals surface area contributed by atoms with Crippen molar-refractivity contribution in [3.63, 3.8) is 0 Å². The minimum Gasteiger partial charge on any atom is -0.508 e. The van der Waals surface area contributed by atoms with E-state index < -0.39 is 0 Å². The number of hydrogen-bond donors (Lipinski definition) is 1. The molecule has 0 amide bonds. The van der Waals surface area contributed by atoms with E-state index in [1.165, 1.54) is 12.1 Å². The number of methoxy groups -OCH3 is 1. The molecule has 19 heavy (non-hydrogen) atoms. The van der Waals surface area contributed by atoms with Crippen LogP contribution in [0.25, 0.3) is 0 Å². The van der Waals surface area contributed by atoms with Gasteiger partial charge in [-0.05, 0) is 29.8 Å². The third-order valence-electron chi connectivity index (χ3n) is 2.56. The number of phenolic OH excluding ortho intramolecular Hbond substituents is 1. The number of aromatic hydroxyl groups is 1. The standard InChI is InChI=1S/C15H14O4/c1-18-13-7-5-11(6-8-13)9-15(17)19-14-4-2-3-12(16)10-14/h2-8,10,16H,9H2,1H3. The molecular formula is C15H14O4. The second kappa shape index (κ2) is 5.91. The van der Waals surface area contributed by atoms with Gasteiger partial charge in [0.05, 0.1) is 13.5 Å². The summed E-state index contributed by atoms with van der Waals surface area (Å²) in [4.78, 5) is 11.7. The number of esters is 1. The molecular weight excluding hydrogens is 244 g/mol. The summed E-state index contributed by atoms with van der Waals surface area (Å²) in [6.07, 6.45) is 0.166. The number of hydrogen-bond acceptors (Lipinski definition) is 4. The fourth-order valence-electron chi connectivity index (χ4n) is 1.62. The quantitative estimate of drug-likeness (QED) is 0.676. The Hall–Kier alpha value is -2.49. The molecule has 0 radical (unpaired) electrons. The second-order valence-electron chi connectivity index (χ2n) is 4.00. The summed E-state index contributed by atoms with van der Waals surface area (Å²) in [6, 6.07) is 13.3. The van der Waals surface area contributed by atoms with Crippen LogP contribution in [0.15, 0.2) is 48.5 Å². The monoisotopic (exact) mass is 258 g/mol. The van der Waals surface area contributed by atoms with Crippen molar-refractivity contribution in [1.29, 1.82) is 0 Å². The van der Waals surface area contributed by atoms with E-state index in [0.717, 1.165) is 11.3 Å². The van der Waals surface area contributed by atoms with Gasteiger partial charge < -0.3 is 14.6 Å². The zero-order chi connectivity index (χ0) is 13.7. The van der Waals surface area contributed by atoms with Gasteiger partial charge in [-0.2, -0.15) is 0 Å². The molecule has 0 fully saturated rings. The van der Waals surface area contributed by atoms with Gasteiger partial charge in [0.1, 0.15) is 17.2 Å². The first-order valence-corrected chi connectivity index (χ1v) is 5.80. The Morgan fingerprint density at radius 3 is 2.47 bits per heavy atom. The lowest BCUT2D eigenvalue weighted by Crippen LogP contribution is -2.11. The maximum Gasteiger partial charge on any atom is 0.315 e. The van der Waals surface area contributed by atoms with Crippen molar-refractivity contribution in [2.45, 2.75) is 6.42 Å². The highest BCUT2D eigenvalue weighted by Gasteiger charge is 2.07. The highest BCUT2D eigenvalue weighted by atomic mass is 16.5. The van der Waals surface area contributed by atoms with Gasteiger partial charge in [0, 0.05) is 6.07 Å². The first-order chi connectivity index (χ1) is 9.17. The number of ether oxygens (including phenoxy) is 2. The number of benzene rings is 2. The Labute approximate surface area is 111 Å². The minimum absolute atomic E-state index is 0.0646. The Balaban J connectivity index is 1.97. The van der Waals surface area contributed by atoms with Crippen LogP contribution in [0.5, 0.6) is 17.2 Å². The Kier molecular flexibility index (Phi) is 4.03. The molecule has 0 unspecified atom stereocenters. The molecule has 2 aromatic rings. The van der Waals surface area contributed by atoms with Crippen molar-refractivity contribution < 1.29 is 19.4 Å². The predicted octanol–water partition coefficient (Wildman–Crippen LogP) is 2.55. The van der Waals surface area contributed by atoms with Crippen LogP contribution >= 0.6 is 0 Å².